The van der Waals surface area contributed by atoms with E-state index in [4.69, 9.17) is 37.7 Å². The molecule has 0 bridgehead atoms. The molecule has 16 heteroatoms. The van der Waals surface area contributed by atoms with E-state index in [1.165, 1.54) is 17.9 Å². The van der Waals surface area contributed by atoms with E-state index in [-0.39, 0.29) is 34.5 Å². The van der Waals surface area contributed by atoms with Gasteiger partial charge in [-0.1, -0.05) is 53.5 Å². The fourth-order valence-corrected chi connectivity index (χ4v) is 8.80. The summed E-state index contributed by atoms with van der Waals surface area (Å²) < 4.78 is 13.5. The largest absolute Gasteiger partial charge is 0.481 e. The number of hydrogen-bond acceptors (Lipinski definition) is 10. The average Bonchev–Trinajstić information content (AvgIpc) is 3.88. The van der Waals surface area contributed by atoms with Gasteiger partial charge < -0.3 is 25.0 Å². The van der Waals surface area contributed by atoms with E-state index in [1.807, 2.05) is 35.2 Å². The lowest BCUT2D eigenvalue weighted by molar-refractivity contribution is 0.158. The van der Waals surface area contributed by atoms with Crippen molar-refractivity contribution in [1.82, 2.24) is 39.2 Å². The number of benzene rings is 2. The number of rotatable bonds is 9. The zero-order valence-corrected chi connectivity index (χ0v) is 31.8. The molecule has 2 atom stereocenters. The van der Waals surface area contributed by atoms with Gasteiger partial charge in [0, 0.05) is 75.7 Å². The molecule has 1 aliphatic carbocycles. The van der Waals surface area contributed by atoms with Crippen LogP contribution in [-0.4, -0.2) is 92.5 Å². The van der Waals surface area contributed by atoms with Crippen LogP contribution in [0.25, 0.3) is 33.4 Å². The molecule has 5 heterocycles. The van der Waals surface area contributed by atoms with Gasteiger partial charge in [-0.05, 0) is 37.0 Å². The Kier molecular flexibility index (Phi) is 9.33. The molecule has 0 saturated carbocycles. The number of amides is 2. The number of ether oxygens (including phenoxy) is 2. The van der Waals surface area contributed by atoms with Crippen molar-refractivity contribution in [1.29, 1.82) is 0 Å². The van der Waals surface area contributed by atoms with Crippen molar-refractivity contribution in [3.8, 4) is 28.3 Å². The third kappa shape index (κ3) is 5.97. The molecule has 2 fully saturated rings. The quantitative estimate of drug-likeness (QED) is 0.212. The monoisotopic (exact) mass is 771 g/mol. The smallest absolute Gasteiger partial charge is 0.332 e. The van der Waals surface area contributed by atoms with Crippen LogP contribution in [0.5, 0.6) is 5.88 Å². The van der Waals surface area contributed by atoms with Crippen LogP contribution in [0.2, 0.25) is 10.0 Å². The van der Waals surface area contributed by atoms with Crippen LogP contribution >= 0.6 is 23.2 Å². The summed E-state index contributed by atoms with van der Waals surface area (Å²) in [6.07, 6.45) is 3.93. The maximum absolute atomic E-state index is 13.2. The standard InChI is InChI=1S/C38H39Cl2N9O5/c1-46-33-29(35(50)47(2)37(46)52)32(41-20-42-33)43-25-10-6-8-23(31(25)40)22-7-5-9-24(30(22)39)26-17-21-11-12-27(28(21)34(44-26)54-4)48-14-13-38(18-48)19-49(15-16-53-3)36(51)45-38/h5-10,17,20,27H,11-16,18-19H2,1-4H3,(H,45,51)(H,41,42,43)/t27-,38+/m1/s1. The van der Waals surface area contributed by atoms with Gasteiger partial charge >= 0.3 is 11.7 Å². The van der Waals surface area contributed by atoms with Crippen molar-refractivity contribution in [2.24, 2.45) is 14.1 Å². The highest BCUT2D eigenvalue weighted by molar-refractivity contribution is 6.39. The predicted molar refractivity (Wildman–Crippen MR) is 207 cm³/mol. The number of carbonyl (C=O) groups is 1. The van der Waals surface area contributed by atoms with Crippen molar-refractivity contribution >= 4 is 51.8 Å². The van der Waals surface area contributed by atoms with Gasteiger partial charge in [0.05, 0.1) is 40.7 Å². The summed E-state index contributed by atoms with van der Waals surface area (Å²) in [6, 6.07) is 13.4. The summed E-state index contributed by atoms with van der Waals surface area (Å²) in [5.41, 5.74) is 4.38. The maximum Gasteiger partial charge on any atom is 0.332 e. The Bertz CT molecular complexity index is 2450. The summed E-state index contributed by atoms with van der Waals surface area (Å²) >= 11 is 14.3. The Labute approximate surface area is 320 Å². The molecule has 280 valence electrons. The SMILES string of the molecule is COCCN1C[C@@]2(CCN([C@@H]3CCc4cc(-c5cccc(-c6cccc(Nc7ncnc8c7c(=O)n(C)c(=O)n8C)c6Cl)c5Cl)nc(OC)c43)C2)NC1=O. The minimum Gasteiger partial charge on any atom is -0.481 e. The van der Waals surface area contributed by atoms with Crippen LogP contribution in [0.1, 0.15) is 30.0 Å². The fraction of sp³-hybridized carbons (Fsp3) is 0.368. The molecule has 0 unspecified atom stereocenters. The van der Waals surface area contributed by atoms with Crippen LogP contribution in [0.15, 0.2) is 58.4 Å². The topological polar surface area (TPSA) is 149 Å². The number of pyridine rings is 1. The van der Waals surface area contributed by atoms with E-state index in [2.05, 4.69) is 31.6 Å². The molecular formula is C38H39Cl2N9O5. The van der Waals surface area contributed by atoms with Crippen LogP contribution < -0.4 is 26.6 Å². The molecule has 2 aliphatic heterocycles. The van der Waals surface area contributed by atoms with Gasteiger partial charge in [-0.2, -0.15) is 0 Å². The predicted octanol–water partition coefficient (Wildman–Crippen LogP) is 4.92. The lowest BCUT2D eigenvalue weighted by Gasteiger charge is -2.28. The van der Waals surface area contributed by atoms with E-state index in [0.29, 0.717) is 58.1 Å². The zero-order chi connectivity index (χ0) is 37.9. The molecular weight excluding hydrogens is 733 g/mol. The number of carbonyl (C=O) groups excluding carboxylic acids is 1. The van der Waals surface area contributed by atoms with Crippen molar-refractivity contribution in [2.75, 3.05) is 52.3 Å². The van der Waals surface area contributed by atoms with Crippen molar-refractivity contribution < 1.29 is 14.3 Å². The molecule has 2 amide bonds. The van der Waals surface area contributed by atoms with E-state index < -0.39 is 11.2 Å². The second-order valence-electron chi connectivity index (χ2n) is 14.1. The summed E-state index contributed by atoms with van der Waals surface area (Å²) in [6.45, 7) is 3.36. The van der Waals surface area contributed by atoms with Gasteiger partial charge in [0.2, 0.25) is 5.88 Å². The highest BCUT2D eigenvalue weighted by Crippen LogP contribution is 2.47. The Morgan fingerprint density at radius 2 is 1.74 bits per heavy atom. The Hall–Kier alpha value is -5.02. The van der Waals surface area contributed by atoms with Crippen molar-refractivity contribution in [3.63, 3.8) is 0 Å². The highest BCUT2D eigenvalue weighted by atomic mass is 35.5. The number of anilines is 2. The molecule has 54 heavy (non-hydrogen) atoms. The Balaban J connectivity index is 1.09. The molecule has 3 aliphatic rings. The summed E-state index contributed by atoms with van der Waals surface area (Å²) in [7, 11) is 6.25. The molecule has 1 spiro atoms. The molecule has 2 saturated heterocycles. The Morgan fingerprint density at radius 3 is 2.52 bits per heavy atom. The van der Waals surface area contributed by atoms with Crippen LogP contribution in [0.4, 0.5) is 16.3 Å². The summed E-state index contributed by atoms with van der Waals surface area (Å²) in [5, 5.41) is 7.44. The number of aryl methyl sites for hydroxylation is 2. The second kappa shape index (κ2) is 14.0. The van der Waals surface area contributed by atoms with Gasteiger partial charge in [0.1, 0.15) is 17.5 Å². The van der Waals surface area contributed by atoms with Gasteiger partial charge in [-0.15, -0.1) is 0 Å². The van der Waals surface area contributed by atoms with Gasteiger partial charge in [-0.25, -0.2) is 24.5 Å². The summed E-state index contributed by atoms with van der Waals surface area (Å²) in [5.74, 6) is 0.776. The van der Waals surface area contributed by atoms with E-state index >= 15 is 0 Å². The van der Waals surface area contributed by atoms with E-state index in [0.717, 1.165) is 53.6 Å². The molecule has 2 aromatic carbocycles. The molecule has 3 aromatic heterocycles. The van der Waals surface area contributed by atoms with Crippen LogP contribution in [-0.2, 0) is 25.3 Å². The highest BCUT2D eigenvalue weighted by Gasteiger charge is 2.49. The van der Waals surface area contributed by atoms with Gasteiger partial charge in [0.15, 0.2) is 5.65 Å². The first-order chi connectivity index (χ1) is 26.0. The number of halogens is 2. The third-order valence-electron chi connectivity index (χ3n) is 10.9. The van der Waals surface area contributed by atoms with Crippen molar-refractivity contribution in [2.45, 2.75) is 30.8 Å². The first-order valence-corrected chi connectivity index (χ1v) is 18.4. The first-order valence-electron chi connectivity index (χ1n) is 17.7. The van der Waals surface area contributed by atoms with E-state index in [9.17, 15) is 14.4 Å². The number of hydrogen-bond donors (Lipinski definition) is 2. The zero-order valence-electron chi connectivity index (χ0n) is 30.3. The number of urea groups is 1. The molecule has 8 rings (SSSR count). The van der Waals surface area contributed by atoms with Gasteiger partial charge in [-0.3, -0.25) is 18.8 Å². The summed E-state index contributed by atoms with van der Waals surface area (Å²) in [4.78, 5) is 56.2. The molecule has 14 nitrogen and oxygen atoms in total. The minimum absolute atomic E-state index is 0.0337. The van der Waals surface area contributed by atoms with E-state index in [1.54, 1.807) is 27.3 Å². The molecule has 5 aromatic rings. The van der Waals surface area contributed by atoms with Crippen molar-refractivity contribution in [3.05, 3.63) is 90.8 Å². The normalized spacial score (nSPS) is 19.6. The fourth-order valence-electron chi connectivity index (χ4n) is 8.20. The first kappa shape index (κ1) is 36.0. The lowest BCUT2D eigenvalue weighted by atomic mass is 9.99. The number of methoxy groups -OCH3 is 2. The van der Waals surface area contributed by atoms with Gasteiger partial charge in [0.25, 0.3) is 5.56 Å². The lowest BCUT2D eigenvalue weighted by Crippen LogP contribution is -2.46. The number of nitrogens with one attached hydrogen (secondary N) is 2. The van der Waals surface area contributed by atoms with Crippen LogP contribution in [0.3, 0.4) is 0 Å². The maximum atomic E-state index is 13.2. The number of likely N-dealkylation sites (tertiary alicyclic amines) is 1. The average molecular weight is 773 g/mol. The molecule has 0 radical (unpaired) electrons. The van der Waals surface area contributed by atoms with Crippen LogP contribution in [0, 0.1) is 0 Å². The molecule has 2 N–H and O–H groups in total. The number of nitrogens with zero attached hydrogens (tertiary/aromatic N) is 7. The minimum atomic E-state index is -0.528. The Morgan fingerprint density at radius 1 is 0.981 bits per heavy atom. The second-order valence-corrected chi connectivity index (χ2v) is 14.8. The number of aromatic nitrogens is 5. The number of fused-ring (bicyclic) bond motifs is 2. The third-order valence-corrected chi connectivity index (χ3v) is 11.7.